The molecule has 0 amide bonds. The Labute approximate surface area is 127 Å². The molecular weight excluding hydrogens is 294 g/mol. The minimum atomic E-state index is -1.10. The van der Waals surface area contributed by atoms with Crippen molar-refractivity contribution in [2.45, 2.75) is 20.3 Å². The maximum absolute atomic E-state index is 13.5. The number of allylic oxidation sites excluding steroid dienone is 1. The Hall–Kier alpha value is -2.24. The molecule has 0 unspecified atom stereocenters. The minimum Gasteiger partial charge on any atom is -0.465 e. The Morgan fingerprint density at radius 1 is 1.14 bits per heavy atom. The van der Waals surface area contributed by atoms with E-state index in [2.05, 4.69) is 0 Å². The molecule has 1 aromatic carbocycles. The van der Waals surface area contributed by atoms with Gasteiger partial charge in [-0.25, -0.2) is 8.78 Å². The lowest BCUT2D eigenvalue weighted by molar-refractivity contribution is -0.161. The Kier molecular flexibility index (Phi) is 7.22. The number of esters is 2. The first-order valence-corrected chi connectivity index (χ1v) is 6.94. The fraction of sp³-hybridized carbons (Fsp3) is 0.375. The average Bonchev–Trinajstić information content (AvgIpc) is 2.45. The highest BCUT2D eigenvalue weighted by atomic mass is 19.1. The highest BCUT2D eigenvalue weighted by Gasteiger charge is 2.28. The zero-order chi connectivity index (χ0) is 16.5. The second-order valence-electron chi connectivity index (χ2n) is 4.36. The molecule has 120 valence electrons. The van der Waals surface area contributed by atoms with Crippen LogP contribution in [0.3, 0.4) is 0 Å². The van der Waals surface area contributed by atoms with Crippen LogP contribution in [0.4, 0.5) is 8.78 Å². The van der Waals surface area contributed by atoms with Gasteiger partial charge in [0.05, 0.1) is 13.2 Å². The van der Waals surface area contributed by atoms with Crippen molar-refractivity contribution in [2.24, 2.45) is 5.92 Å². The number of ether oxygens (including phenoxy) is 2. The maximum Gasteiger partial charge on any atom is 0.320 e. The molecule has 0 aliphatic carbocycles. The van der Waals surface area contributed by atoms with Gasteiger partial charge in [0.25, 0.3) is 0 Å². The van der Waals surface area contributed by atoms with E-state index in [4.69, 9.17) is 9.47 Å². The van der Waals surface area contributed by atoms with Gasteiger partial charge in [0.2, 0.25) is 0 Å². The number of halogens is 2. The fourth-order valence-electron chi connectivity index (χ4n) is 1.74. The van der Waals surface area contributed by atoms with Gasteiger partial charge >= 0.3 is 11.9 Å². The molecule has 1 aromatic rings. The number of hydrogen-bond donors (Lipinski definition) is 0. The lowest BCUT2D eigenvalue weighted by atomic mass is 10.0. The number of benzene rings is 1. The minimum absolute atomic E-state index is 0.00842. The molecule has 0 radical (unpaired) electrons. The van der Waals surface area contributed by atoms with Crippen LogP contribution in [0.15, 0.2) is 24.3 Å². The van der Waals surface area contributed by atoms with Crippen LogP contribution in [0.2, 0.25) is 0 Å². The molecule has 0 aromatic heterocycles. The Balaban J connectivity index is 2.79. The zero-order valence-corrected chi connectivity index (χ0v) is 12.5. The predicted molar refractivity (Wildman–Crippen MR) is 76.8 cm³/mol. The van der Waals surface area contributed by atoms with Gasteiger partial charge in [0.15, 0.2) is 5.92 Å². The monoisotopic (exact) mass is 312 g/mol. The largest absolute Gasteiger partial charge is 0.465 e. The van der Waals surface area contributed by atoms with Crippen LogP contribution in [0.25, 0.3) is 6.08 Å². The molecule has 0 bridgehead atoms. The van der Waals surface area contributed by atoms with Crippen LogP contribution in [-0.4, -0.2) is 25.2 Å². The van der Waals surface area contributed by atoms with E-state index in [1.165, 1.54) is 18.2 Å². The standard InChI is InChI=1S/C16H18F2O4/c1-3-21-15(19)13(16(20)22-4-2)7-5-6-11-8-9-12(17)10-14(11)18/h5-6,8-10,13H,3-4,7H2,1-2H3/b6-5+. The van der Waals surface area contributed by atoms with Crippen molar-refractivity contribution < 1.29 is 27.8 Å². The van der Waals surface area contributed by atoms with Gasteiger partial charge in [-0.3, -0.25) is 9.59 Å². The molecule has 0 atom stereocenters. The molecule has 0 saturated heterocycles. The van der Waals surface area contributed by atoms with Crippen molar-refractivity contribution in [2.75, 3.05) is 13.2 Å². The van der Waals surface area contributed by atoms with Crippen LogP contribution < -0.4 is 0 Å². The fourth-order valence-corrected chi connectivity index (χ4v) is 1.74. The predicted octanol–water partition coefficient (Wildman–Crippen LogP) is 3.11. The summed E-state index contributed by atoms with van der Waals surface area (Å²) in [6.45, 7) is 3.55. The topological polar surface area (TPSA) is 52.6 Å². The molecular formula is C16H18F2O4. The third kappa shape index (κ3) is 5.27. The highest BCUT2D eigenvalue weighted by molar-refractivity contribution is 5.95. The first-order chi connectivity index (χ1) is 10.5. The smallest absolute Gasteiger partial charge is 0.320 e. The second-order valence-corrected chi connectivity index (χ2v) is 4.36. The van der Waals surface area contributed by atoms with E-state index in [1.54, 1.807) is 13.8 Å². The summed E-state index contributed by atoms with van der Waals surface area (Å²) in [6, 6.07) is 3.15. The van der Waals surface area contributed by atoms with Gasteiger partial charge in [0, 0.05) is 11.6 Å². The van der Waals surface area contributed by atoms with E-state index < -0.39 is 29.5 Å². The lowest BCUT2D eigenvalue weighted by Crippen LogP contribution is -2.27. The third-order valence-corrected chi connectivity index (χ3v) is 2.77. The summed E-state index contributed by atoms with van der Waals surface area (Å²) >= 11 is 0. The molecule has 1 rings (SSSR count). The van der Waals surface area contributed by atoms with Crippen molar-refractivity contribution in [1.82, 2.24) is 0 Å². The Morgan fingerprint density at radius 2 is 1.73 bits per heavy atom. The van der Waals surface area contributed by atoms with Gasteiger partial charge in [-0.05, 0) is 32.4 Å². The third-order valence-electron chi connectivity index (χ3n) is 2.77. The van der Waals surface area contributed by atoms with E-state index in [0.29, 0.717) is 0 Å². The van der Waals surface area contributed by atoms with Crippen molar-refractivity contribution >= 4 is 18.0 Å². The van der Waals surface area contributed by atoms with E-state index in [-0.39, 0.29) is 25.2 Å². The van der Waals surface area contributed by atoms with Crippen molar-refractivity contribution in [1.29, 1.82) is 0 Å². The molecule has 0 aliphatic heterocycles. The van der Waals surface area contributed by atoms with Crippen molar-refractivity contribution in [3.63, 3.8) is 0 Å². The van der Waals surface area contributed by atoms with Gasteiger partial charge in [-0.1, -0.05) is 12.2 Å². The number of hydrogen-bond acceptors (Lipinski definition) is 4. The molecule has 0 fully saturated rings. The van der Waals surface area contributed by atoms with Crippen molar-refractivity contribution in [3.05, 3.63) is 41.5 Å². The first-order valence-electron chi connectivity index (χ1n) is 6.94. The number of rotatable bonds is 7. The molecule has 22 heavy (non-hydrogen) atoms. The normalized spacial score (nSPS) is 11.0. The Morgan fingerprint density at radius 3 is 2.23 bits per heavy atom. The van der Waals surface area contributed by atoms with Gasteiger partial charge < -0.3 is 9.47 Å². The summed E-state index contributed by atoms with van der Waals surface area (Å²) in [5.41, 5.74) is 0.160. The summed E-state index contributed by atoms with van der Waals surface area (Å²) in [4.78, 5) is 23.5. The summed E-state index contributed by atoms with van der Waals surface area (Å²) in [5.74, 6) is -3.87. The summed E-state index contributed by atoms with van der Waals surface area (Å²) in [7, 11) is 0. The molecule has 0 heterocycles. The van der Waals surface area contributed by atoms with E-state index in [0.717, 1.165) is 12.1 Å². The molecule has 6 heteroatoms. The number of carbonyl (C=O) groups excluding carboxylic acids is 2. The number of carbonyl (C=O) groups is 2. The van der Waals surface area contributed by atoms with Gasteiger partial charge in [-0.2, -0.15) is 0 Å². The summed E-state index contributed by atoms with van der Waals surface area (Å²) < 4.78 is 35.9. The highest BCUT2D eigenvalue weighted by Crippen LogP contribution is 2.15. The van der Waals surface area contributed by atoms with Crippen LogP contribution >= 0.6 is 0 Å². The first kappa shape index (κ1) is 17.8. The SMILES string of the molecule is CCOC(=O)C(C/C=C/c1ccc(F)cc1F)C(=O)OCC. The van der Waals surface area contributed by atoms with Crippen LogP contribution in [-0.2, 0) is 19.1 Å². The van der Waals surface area contributed by atoms with E-state index in [1.807, 2.05) is 0 Å². The average molecular weight is 312 g/mol. The van der Waals surface area contributed by atoms with Gasteiger partial charge in [-0.15, -0.1) is 0 Å². The quantitative estimate of drug-likeness (QED) is 0.573. The molecule has 0 aliphatic rings. The van der Waals surface area contributed by atoms with Crippen LogP contribution in [0.1, 0.15) is 25.8 Å². The summed E-state index contributed by atoms with van der Waals surface area (Å²) in [6.07, 6.45) is 2.84. The molecule has 0 spiro atoms. The molecule has 0 saturated carbocycles. The summed E-state index contributed by atoms with van der Waals surface area (Å²) in [5, 5.41) is 0. The zero-order valence-electron chi connectivity index (χ0n) is 12.5. The second kappa shape index (κ2) is 8.92. The van der Waals surface area contributed by atoms with Gasteiger partial charge in [0.1, 0.15) is 11.6 Å². The lowest BCUT2D eigenvalue weighted by Gasteiger charge is -2.12. The maximum atomic E-state index is 13.5. The molecule has 4 nitrogen and oxygen atoms in total. The Bertz CT molecular complexity index is 537. The van der Waals surface area contributed by atoms with Crippen LogP contribution in [0.5, 0.6) is 0 Å². The van der Waals surface area contributed by atoms with Crippen molar-refractivity contribution in [3.8, 4) is 0 Å². The van der Waals surface area contributed by atoms with E-state index >= 15 is 0 Å². The molecule has 0 N–H and O–H groups in total. The van der Waals surface area contributed by atoms with Crippen LogP contribution in [0, 0.1) is 17.6 Å². The van der Waals surface area contributed by atoms with E-state index in [9.17, 15) is 18.4 Å².